The van der Waals surface area contributed by atoms with Crippen molar-refractivity contribution in [3.63, 3.8) is 0 Å². The van der Waals surface area contributed by atoms with Gasteiger partial charge in [-0.3, -0.25) is 14.4 Å². The highest BCUT2D eigenvalue weighted by Gasteiger charge is 2.22. The number of nitrogens with one attached hydrogen (secondary N) is 1. The fourth-order valence-corrected chi connectivity index (χ4v) is 2.85. The van der Waals surface area contributed by atoms with Gasteiger partial charge in [0.25, 0.3) is 11.7 Å². The maximum absolute atomic E-state index is 12.5. The molecule has 1 aromatic heterocycles. The maximum atomic E-state index is 12.5. The van der Waals surface area contributed by atoms with Gasteiger partial charge in [0.1, 0.15) is 6.54 Å². The van der Waals surface area contributed by atoms with Gasteiger partial charge in [0.2, 0.25) is 5.91 Å². The van der Waals surface area contributed by atoms with E-state index in [0.717, 1.165) is 5.52 Å². The zero-order valence-corrected chi connectivity index (χ0v) is 13.4. The van der Waals surface area contributed by atoms with Gasteiger partial charge in [-0.1, -0.05) is 18.2 Å². The topological polar surface area (TPSA) is 80.6 Å². The van der Waals surface area contributed by atoms with E-state index in [1.165, 1.54) is 7.05 Å². The molecule has 0 radical (unpaired) electrons. The average Bonchev–Trinajstić information content (AvgIpc) is 2.99. The van der Waals surface area contributed by atoms with Crippen LogP contribution in [0, 0.1) is 0 Å². The molecular formula is C17H19N3O4. The molecule has 2 amide bonds. The van der Waals surface area contributed by atoms with E-state index in [2.05, 4.69) is 5.32 Å². The second kappa shape index (κ2) is 6.84. The van der Waals surface area contributed by atoms with Gasteiger partial charge in [-0.25, -0.2) is 0 Å². The fraction of sp³-hybridized carbons (Fsp3) is 0.353. The number of Topliss-reactive ketones (excluding diaryl/α,β-unsaturated/α-hetero) is 1. The summed E-state index contributed by atoms with van der Waals surface area (Å²) in [5.74, 6) is -1.30. The molecule has 0 aliphatic carbocycles. The summed E-state index contributed by atoms with van der Waals surface area (Å²) in [6.45, 7) is 2.35. The van der Waals surface area contributed by atoms with Crippen LogP contribution in [0.4, 0.5) is 0 Å². The Morgan fingerprint density at radius 1 is 1.17 bits per heavy atom. The molecule has 7 nitrogen and oxygen atoms in total. The molecule has 0 atom stereocenters. The molecule has 1 saturated heterocycles. The number of aromatic nitrogens is 1. The van der Waals surface area contributed by atoms with Gasteiger partial charge in [0.15, 0.2) is 0 Å². The Bertz CT molecular complexity index is 790. The van der Waals surface area contributed by atoms with Gasteiger partial charge in [-0.2, -0.15) is 0 Å². The molecule has 2 aromatic rings. The largest absolute Gasteiger partial charge is 0.378 e. The Morgan fingerprint density at radius 2 is 1.88 bits per heavy atom. The number of likely N-dealkylation sites (N-methyl/N-ethyl adjacent to an activating group) is 1. The molecular weight excluding hydrogens is 310 g/mol. The lowest BCUT2D eigenvalue weighted by atomic mass is 10.1. The minimum atomic E-state index is -0.669. The number of benzene rings is 1. The van der Waals surface area contributed by atoms with Crippen molar-refractivity contribution in [3.8, 4) is 0 Å². The van der Waals surface area contributed by atoms with Crippen LogP contribution in [0.5, 0.6) is 0 Å². The molecule has 0 bridgehead atoms. The molecule has 1 aliphatic heterocycles. The van der Waals surface area contributed by atoms with Crippen molar-refractivity contribution in [2.45, 2.75) is 6.54 Å². The molecule has 24 heavy (non-hydrogen) atoms. The van der Waals surface area contributed by atoms with Crippen molar-refractivity contribution in [1.82, 2.24) is 14.8 Å². The summed E-state index contributed by atoms with van der Waals surface area (Å²) in [6, 6.07) is 7.26. The number of amides is 2. The number of hydrogen-bond acceptors (Lipinski definition) is 4. The van der Waals surface area contributed by atoms with Gasteiger partial charge in [0, 0.05) is 37.2 Å². The second-order valence-corrected chi connectivity index (χ2v) is 5.59. The molecule has 1 aliphatic rings. The molecule has 3 rings (SSSR count). The summed E-state index contributed by atoms with van der Waals surface area (Å²) < 4.78 is 6.98. The second-order valence-electron chi connectivity index (χ2n) is 5.59. The smallest absolute Gasteiger partial charge is 0.292 e. The fourth-order valence-electron chi connectivity index (χ4n) is 2.85. The number of carbonyl (C=O) groups excluding carboxylic acids is 3. The minimum Gasteiger partial charge on any atom is -0.378 e. The lowest BCUT2D eigenvalue weighted by Gasteiger charge is -2.27. The van der Waals surface area contributed by atoms with Gasteiger partial charge in [0.05, 0.1) is 18.8 Å². The standard InChI is InChI=1S/C17H19N3O4/c1-18-17(23)16(22)13-10-20(14-5-3-2-4-12(13)14)11-15(21)19-6-8-24-9-7-19/h2-5,10H,6-9,11H2,1H3,(H,18,23). The molecule has 7 heteroatoms. The van der Waals surface area contributed by atoms with Crippen molar-refractivity contribution >= 4 is 28.5 Å². The molecule has 0 unspecified atom stereocenters. The molecule has 1 fully saturated rings. The zero-order valence-electron chi connectivity index (χ0n) is 13.4. The highest BCUT2D eigenvalue weighted by atomic mass is 16.5. The Hall–Kier alpha value is -2.67. The first-order chi connectivity index (χ1) is 11.6. The lowest BCUT2D eigenvalue weighted by molar-refractivity contribution is -0.135. The zero-order chi connectivity index (χ0) is 17.1. The molecule has 1 aromatic carbocycles. The van der Waals surface area contributed by atoms with E-state index in [1.807, 2.05) is 12.1 Å². The number of nitrogens with zero attached hydrogens (tertiary/aromatic N) is 2. The van der Waals surface area contributed by atoms with Crippen molar-refractivity contribution < 1.29 is 19.1 Å². The summed E-state index contributed by atoms with van der Waals surface area (Å²) >= 11 is 0. The van der Waals surface area contributed by atoms with Crippen LogP contribution < -0.4 is 5.32 Å². The van der Waals surface area contributed by atoms with Crippen LogP contribution in [0.2, 0.25) is 0 Å². The Labute approximate surface area is 139 Å². The maximum Gasteiger partial charge on any atom is 0.292 e. The third-order valence-electron chi connectivity index (χ3n) is 4.14. The number of para-hydroxylation sites is 1. The Kier molecular flexibility index (Phi) is 4.61. The van der Waals surface area contributed by atoms with Crippen molar-refractivity contribution in [2.24, 2.45) is 0 Å². The Morgan fingerprint density at radius 3 is 2.58 bits per heavy atom. The molecule has 2 heterocycles. The van der Waals surface area contributed by atoms with Crippen LogP contribution >= 0.6 is 0 Å². The minimum absolute atomic E-state index is 0.0296. The summed E-state index contributed by atoms with van der Waals surface area (Å²) in [6.07, 6.45) is 1.58. The molecule has 0 spiro atoms. The van der Waals surface area contributed by atoms with E-state index in [9.17, 15) is 14.4 Å². The first-order valence-corrected chi connectivity index (χ1v) is 7.81. The highest BCUT2D eigenvalue weighted by molar-refractivity contribution is 6.44. The normalized spacial score (nSPS) is 14.6. The Balaban J connectivity index is 1.92. The summed E-state index contributed by atoms with van der Waals surface area (Å²) in [5.41, 5.74) is 1.06. The van der Waals surface area contributed by atoms with Crippen LogP contribution in [0.15, 0.2) is 30.5 Å². The van der Waals surface area contributed by atoms with Crippen LogP contribution in [-0.2, 0) is 20.9 Å². The number of hydrogen-bond donors (Lipinski definition) is 1. The van der Waals surface area contributed by atoms with Crippen molar-refractivity contribution in [3.05, 3.63) is 36.0 Å². The SMILES string of the molecule is CNC(=O)C(=O)c1cn(CC(=O)N2CCOCC2)c2ccccc12. The van der Waals surface area contributed by atoms with Crippen LogP contribution in [0.3, 0.4) is 0 Å². The van der Waals surface area contributed by atoms with Gasteiger partial charge in [-0.15, -0.1) is 0 Å². The van der Waals surface area contributed by atoms with Gasteiger partial charge < -0.3 is 19.5 Å². The van der Waals surface area contributed by atoms with Crippen LogP contribution in [-0.4, -0.2) is 60.4 Å². The van der Waals surface area contributed by atoms with Crippen molar-refractivity contribution in [1.29, 1.82) is 0 Å². The number of carbonyl (C=O) groups is 3. The highest BCUT2D eigenvalue weighted by Crippen LogP contribution is 2.22. The number of morpholine rings is 1. The first-order valence-electron chi connectivity index (χ1n) is 7.81. The van der Waals surface area contributed by atoms with Gasteiger partial charge >= 0.3 is 0 Å². The van der Waals surface area contributed by atoms with E-state index in [-0.39, 0.29) is 12.5 Å². The molecule has 0 saturated carbocycles. The monoisotopic (exact) mass is 329 g/mol. The van der Waals surface area contributed by atoms with E-state index >= 15 is 0 Å². The predicted molar refractivity (Wildman–Crippen MR) is 87.7 cm³/mol. The lowest BCUT2D eigenvalue weighted by Crippen LogP contribution is -2.42. The third-order valence-corrected chi connectivity index (χ3v) is 4.14. The summed E-state index contributed by atoms with van der Waals surface area (Å²) in [4.78, 5) is 38.1. The number of rotatable bonds is 4. The van der Waals surface area contributed by atoms with Crippen LogP contribution in [0.1, 0.15) is 10.4 Å². The van der Waals surface area contributed by atoms with Crippen molar-refractivity contribution in [2.75, 3.05) is 33.4 Å². The predicted octanol–water partition coefficient (Wildman–Crippen LogP) is 0.429. The summed E-state index contributed by atoms with van der Waals surface area (Å²) in [7, 11) is 1.42. The number of ketones is 1. The van der Waals surface area contributed by atoms with E-state index in [4.69, 9.17) is 4.74 Å². The average molecular weight is 329 g/mol. The summed E-state index contributed by atoms with van der Waals surface area (Å²) in [5, 5.41) is 3.01. The number of fused-ring (bicyclic) bond motifs is 1. The first kappa shape index (κ1) is 16.2. The third kappa shape index (κ3) is 3.03. The number of ether oxygens (including phenoxy) is 1. The molecule has 126 valence electrons. The quantitative estimate of drug-likeness (QED) is 0.651. The van der Waals surface area contributed by atoms with Crippen LogP contribution in [0.25, 0.3) is 10.9 Å². The van der Waals surface area contributed by atoms with Gasteiger partial charge in [-0.05, 0) is 6.07 Å². The van der Waals surface area contributed by atoms with E-state index < -0.39 is 11.7 Å². The van der Waals surface area contributed by atoms with E-state index in [0.29, 0.717) is 37.3 Å². The van der Waals surface area contributed by atoms with E-state index in [1.54, 1.807) is 27.8 Å². The molecule has 1 N–H and O–H groups in total.